The van der Waals surface area contributed by atoms with Crippen molar-refractivity contribution >= 4 is 28.6 Å². The summed E-state index contributed by atoms with van der Waals surface area (Å²) in [5, 5.41) is 26.4. The Morgan fingerprint density at radius 3 is 2.70 bits per heavy atom. The number of halogens is 4. The third-order valence-corrected chi connectivity index (χ3v) is 7.30. The Labute approximate surface area is 247 Å². The lowest BCUT2D eigenvalue weighted by Crippen LogP contribution is -2.63. The Morgan fingerprint density at radius 2 is 1.98 bits per heavy atom. The van der Waals surface area contributed by atoms with Crippen LogP contribution >= 0.6 is 0 Å². The summed E-state index contributed by atoms with van der Waals surface area (Å²) in [4.78, 5) is 29.4. The number of carbonyl (C=O) groups is 1. The van der Waals surface area contributed by atoms with E-state index in [-0.39, 0.29) is 47.9 Å². The standard InChI is InChI=1S/C27H27F4N9O4/c1-44-20-7-16(28)15(6-17(20)29)18-5-14(19(8-33-18)39-4-2-3-27(32,11-39)23(43)24(30)31)10-40-13-36-22-25(34-12-35-26(22)40)38-37-9-21(41)42/h5-8,12-13,23-24,43H,2-4,9-11,32H2,1H3,(H,41,42)/t23-,27-/m1/s1. The minimum atomic E-state index is -3.05. The van der Waals surface area contributed by atoms with Crippen LogP contribution in [0.3, 0.4) is 0 Å². The summed E-state index contributed by atoms with van der Waals surface area (Å²) < 4.78 is 63.0. The number of azo groups is 1. The number of methoxy groups -OCH3 is 1. The number of imidazole rings is 1. The van der Waals surface area contributed by atoms with E-state index in [9.17, 15) is 23.1 Å². The van der Waals surface area contributed by atoms with Crippen LogP contribution in [0.5, 0.6) is 5.75 Å². The van der Waals surface area contributed by atoms with E-state index >= 15 is 4.39 Å². The van der Waals surface area contributed by atoms with Crippen molar-refractivity contribution in [1.29, 1.82) is 0 Å². The van der Waals surface area contributed by atoms with Crippen LogP contribution in [0.4, 0.5) is 29.1 Å². The first-order valence-corrected chi connectivity index (χ1v) is 13.3. The van der Waals surface area contributed by atoms with E-state index in [1.807, 2.05) is 0 Å². The molecule has 4 heterocycles. The first-order chi connectivity index (χ1) is 21.0. The van der Waals surface area contributed by atoms with Crippen molar-refractivity contribution in [3.05, 3.63) is 54.2 Å². The molecule has 0 bridgehead atoms. The molecule has 5 rings (SSSR count). The maximum atomic E-state index is 15.0. The van der Waals surface area contributed by atoms with Gasteiger partial charge in [0.2, 0.25) is 5.82 Å². The van der Waals surface area contributed by atoms with Crippen molar-refractivity contribution in [3.8, 4) is 17.0 Å². The quantitative estimate of drug-likeness (QED) is 0.177. The van der Waals surface area contributed by atoms with Gasteiger partial charge in [-0.15, -0.1) is 5.11 Å². The summed E-state index contributed by atoms with van der Waals surface area (Å²) in [5.41, 5.74) is 6.06. The molecule has 44 heavy (non-hydrogen) atoms. The number of fused-ring (bicyclic) bond motifs is 1. The van der Waals surface area contributed by atoms with E-state index in [4.69, 9.17) is 15.6 Å². The molecule has 13 nitrogen and oxygen atoms in total. The summed E-state index contributed by atoms with van der Waals surface area (Å²) in [6, 6.07) is 3.38. The molecule has 4 aromatic rings. The normalized spacial score (nSPS) is 18.0. The van der Waals surface area contributed by atoms with Crippen LogP contribution in [0.2, 0.25) is 0 Å². The van der Waals surface area contributed by atoms with Gasteiger partial charge in [-0.2, -0.15) is 5.11 Å². The van der Waals surface area contributed by atoms with Crippen LogP contribution in [0.15, 0.2) is 47.3 Å². The van der Waals surface area contributed by atoms with Gasteiger partial charge in [-0.25, -0.2) is 32.5 Å². The number of rotatable bonds is 10. The van der Waals surface area contributed by atoms with E-state index in [0.29, 0.717) is 29.9 Å². The molecule has 0 spiro atoms. The molecule has 0 aliphatic carbocycles. The number of carboxylic acid groups (broad SMARTS) is 1. The second-order valence-corrected chi connectivity index (χ2v) is 10.2. The number of benzene rings is 1. The van der Waals surface area contributed by atoms with Gasteiger partial charge in [0.25, 0.3) is 6.43 Å². The molecule has 1 saturated heterocycles. The SMILES string of the molecule is COc1cc(F)c(-c2cc(Cn3cnc4c(N=NCC(=O)O)ncnc43)c(N3CCC[C@](N)([C@H](O)C(F)F)C3)cn2)cc1F. The molecular formula is C27H27F4N9O4. The first-order valence-electron chi connectivity index (χ1n) is 13.3. The van der Waals surface area contributed by atoms with Crippen LogP contribution in [-0.2, 0) is 11.3 Å². The zero-order valence-corrected chi connectivity index (χ0v) is 23.2. The number of aromatic nitrogens is 5. The number of nitrogens with zero attached hydrogens (tertiary/aromatic N) is 8. The molecule has 0 unspecified atom stereocenters. The number of alkyl halides is 2. The number of aliphatic carboxylic acids is 1. The Balaban J connectivity index is 1.58. The van der Waals surface area contributed by atoms with Crippen LogP contribution in [0, 0.1) is 11.6 Å². The fraction of sp³-hybridized carbons (Fsp3) is 0.370. The molecule has 0 amide bonds. The van der Waals surface area contributed by atoms with Crippen LogP contribution in [0.25, 0.3) is 22.4 Å². The number of hydrogen-bond acceptors (Lipinski definition) is 11. The molecule has 1 aliphatic rings. The van der Waals surface area contributed by atoms with Crippen molar-refractivity contribution < 1.29 is 37.3 Å². The van der Waals surface area contributed by atoms with Crippen molar-refractivity contribution in [2.75, 3.05) is 31.6 Å². The van der Waals surface area contributed by atoms with Gasteiger partial charge in [0.15, 0.2) is 29.3 Å². The number of pyridine rings is 1. The predicted molar refractivity (Wildman–Crippen MR) is 148 cm³/mol. The summed E-state index contributed by atoms with van der Waals surface area (Å²) in [7, 11) is 1.21. The van der Waals surface area contributed by atoms with Gasteiger partial charge in [-0.1, -0.05) is 0 Å². The molecule has 0 saturated carbocycles. The molecule has 4 N–H and O–H groups in total. The molecule has 2 atom stereocenters. The molecule has 1 aliphatic heterocycles. The average Bonchev–Trinajstić information content (AvgIpc) is 3.40. The third-order valence-electron chi connectivity index (χ3n) is 7.30. The summed E-state index contributed by atoms with van der Waals surface area (Å²) in [5.74, 6) is -3.02. The minimum Gasteiger partial charge on any atom is -0.494 e. The highest BCUT2D eigenvalue weighted by Crippen LogP contribution is 2.35. The molecule has 17 heteroatoms. The smallest absolute Gasteiger partial charge is 0.327 e. The highest BCUT2D eigenvalue weighted by atomic mass is 19.3. The number of ether oxygens (including phenoxy) is 1. The fourth-order valence-electron chi connectivity index (χ4n) is 5.14. The van der Waals surface area contributed by atoms with E-state index in [2.05, 4.69) is 30.2 Å². The topological polar surface area (TPSA) is 177 Å². The molecule has 3 aromatic heterocycles. The third kappa shape index (κ3) is 6.14. The zero-order chi connectivity index (χ0) is 31.6. The highest BCUT2D eigenvalue weighted by molar-refractivity contribution is 5.81. The van der Waals surface area contributed by atoms with Gasteiger partial charge in [0.1, 0.15) is 18.2 Å². The Bertz CT molecular complexity index is 1720. The average molecular weight is 618 g/mol. The van der Waals surface area contributed by atoms with Crippen LogP contribution in [-0.4, -0.2) is 85.5 Å². The lowest BCUT2D eigenvalue weighted by molar-refractivity contribution is -0.135. The van der Waals surface area contributed by atoms with E-state index in [1.54, 1.807) is 9.47 Å². The maximum absolute atomic E-state index is 15.0. The number of carboxylic acids is 1. The molecular weight excluding hydrogens is 590 g/mol. The lowest BCUT2D eigenvalue weighted by Gasteiger charge is -2.44. The predicted octanol–water partition coefficient (Wildman–Crippen LogP) is 3.32. The summed E-state index contributed by atoms with van der Waals surface area (Å²) in [6.45, 7) is -0.263. The van der Waals surface area contributed by atoms with Gasteiger partial charge in [0, 0.05) is 24.7 Å². The Morgan fingerprint density at radius 1 is 1.18 bits per heavy atom. The highest BCUT2D eigenvalue weighted by Gasteiger charge is 2.43. The van der Waals surface area contributed by atoms with Crippen molar-refractivity contribution in [1.82, 2.24) is 24.5 Å². The number of anilines is 1. The molecule has 1 aromatic carbocycles. The second kappa shape index (κ2) is 12.5. The zero-order valence-electron chi connectivity index (χ0n) is 23.2. The Kier molecular flexibility index (Phi) is 8.68. The van der Waals surface area contributed by atoms with Crippen molar-refractivity contribution in [2.45, 2.75) is 37.5 Å². The minimum absolute atomic E-state index is 0.0337. The van der Waals surface area contributed by atoms with Crippen LogP contribution in [0.1, 0.15) is 18.4 Å². The Hall–Kier alpha value is -4.77. The van der Waals surface area contributed by atoms with E-state index in [1.165, 1.54) is 32.0 Å². The number of nitrogens with two attached hydrogens (primary N) is 1. The summed E-state index contributed by atoms with van der Waals surface area (Å²) >= 11 is 0. The molecule has 1 fully saturated rings. The van der Waals surface area contributed by atoms with Gasteiger partial charge in [-0.3, -0.25) is 9.78 Å². The number of aliphatic hydroxyl groups excluding tert-OH is 1. The van der Waals surface area contributed by atoms with Crippen molar-refractivity contribution in [2.24, 2.45) is 16.0 Å². The number of hydrogen-bond donors (Lipinski definition) is 3. The van der Waals surface area contributed by atoms with E-state index in [0.717, 1.165) is 12.1 Å². The van der Waals surface area contributed by atoms with Gasteiger partial charge < -0.3 is 30.2 Å². The fourth-order valence-corrected chi connectivity index (χ4v) is 5.14. The van der Waals surface area contributed by atoms with E-state index < -0.39 is 42.2 Å². The van der Waals surface area contributed by atoms with Gasteiger partial charge in [-0.05, 0) is 30.5 Å². The van der Waals surface area contributed by atoms with Gasteiger partial charge >= 0.3 is 5.97 Å². The number of piperidine rings is 1. The number of aliphatic hydroxyl groups is 1. The molecule has 232 valence electrons. The summed E-state index contributed by atoms with van der Waals surface area (Å²) in [6.07, 6.45) is -0.528. The van der Waals surface area contributed by atoms with Gasteiger partial charge in [0.05, 0.1) is 43.1 Å². The maximum Gasteiger partial charge on any atom is 0.327 e. The lowest BCUT2D eigenvalue weighted by atomic mass is 9.84. The monoisotopic (exact) mass is 617 g/mol. The second-order valence-electron chi connectivity index (χ2n) is 10.2. The molecule has 0 radical (unpaired) electrons. The van der Waals surface area contributed by atoms with Crippen LogP contribution < -0.4 is 15.4 Å². The van der Waals surface area contributed by atoms with Crippen molar-refractivity contribution in [3.63, 3.8) is 0 Å². The largest absolute Gasteiger partial charge is 0.494 e. The first kappa shape index (κ1) is 30.7.